The van der Waals surface area contributed by atoms with Gasteiger partial charge in [-0.2, -0.15) is 13.2 Å². The molecule has 0 unspecified atom stereocenters. The Hall–Kier alpha value is -1.96. The molecule has 8 heteroatoms. The normalized spacial score (nSPS) is 12.1. The molecule has 2 rings (SSSR count). The van der Waals surface area contributed by atoms with Crippen molar-refractivity contribution in [2.45, 2.75) is 12.8 Å². The average Bonchev–Trinajstić information content (AvgIpc) is 2.27. The summed E-state index contributed by atoms with van der Waals surface area (Å²) in [5.74, 6) is -1.09. The Morgan fingerprint density at radius 3 is 2.56 bits per heavy atom. The van der Waals surface area contributed by atoms with Gasteiger partial charge in [0.05, 0.1) is 12.1 Å². The molecule has 0 amide bonds. The summed E-state index contributed by atoms with van der Waals surface area (Å²) >= 11 is 0. The first-order valence-corrected chi connectivity index (χ1v) is 4.74. The summed E-state index contributed by atoms with van der Waals surface area (Å²) < 4.78 is 51.0. The number of hydrogen-bond donors (Lipinski definition) is 2. The third kappa shape index (κ3) is 1.94. The van der Waals surface area contributed by atoms with Crippen LogP contribution in [-0.2, 0) is 12.8 Å². The van der Waals surface area contributed by atoms with Crippen LogP contribution in [0.3, 0.4) is 0 Å². The van der Waals surface area contributed by atoms with Crippen molar-refractivity contribution >= 4 is 11.0 Å². The summed E-state index contributed by atoms with van der Waals surface area (Å²) in [6, 6.07) is 2.33. The Labute approximate surface area is 96.9 Å². The van der Waals surface area contributed by atoms with Crippen molar-refractivity contribution < 1.29 is 22.7 Å². The molecule has 0 saturated carbocycles. The van der Waals surface area contributed by atoms with Crippen molar-refractivity contribution in [3.8, 4) is 0 Å². The van der Waals surface area contributed by atoms with Gasteiger partial charge in [-0.1, -0.05) is 6.07 Å². The predicted molar refractivity (Wildman–Crippen MR) is 53.2 cm³/mol. The van der Waals surface area contributed by atoms with E-state index in [1.807, 2.05) is 4.98 Å². The Morgan fingerprint density at radius 2 is 2.00 bits per heavy atom. The van der Waals surface area contributed by atoms with E-state index in [0.717, 1.165) is 6.07 Å². The van der Waals surface area contributed by atoms with Crippen LogP contribution in [0.5, 0.6) is 0 Å². The number of halogens is 4. The zero-order chi connectivity index (χ0) is 13.5. The highest BCUT2D eigenvalue weighted by atomic mass is 19.4. The lowest BCUT2D eigenvalue weighted by molar-refractivity contribution is -0.142. The van der Waals surface area contributed by atoms with Crippen molar-refractivity contribution in [1.29, 1.82) is 0 Å². The second kappa shape index (κ2) is 4.05. The molecule has 0 bridgehead atoms. The lowest BCUT2D eigenvalue weighted by atomic mass is 10.2. The summed E-state index contributed by atoms with van der Waals surface area (Å²) in [4.78, 5) is 16.0. The molecule has 0 saturated heterocycles. The first-order valence-electron chi connectivity index (χ1n) is 4.74. The molecule has 1 heterocycles. The molecule has 18 heavy (non-hydrogen) atoms. The third-order valence-electron chi connectivity index (χ3n) is 2.32. The highest BCUT2D eigenvalue weighted by Crippen LogP contribution is 2.26. The van der Waals surface area contributed by atoms with Crippen LogP contribution in [0.4, 0.5) is 17.6 Å². The molecule has 2 N–H and O–H groups in total. The molecule has 0 fully saturated rings. The largest absolute Gasteiger partial charge is 0.438 e. The van der Waals surface area contributed by atoms with Gasteiger partial charge < -0.3 is 10.1 Å². The number of aromatic amines is 1. The number of aliphatic hydroxyl groups excluding tert-OH is 1. The molecule has 0 aliphatic carbocycles. The minimum Gasteiger partial charge on any atom is -0.392 e. The fourth-order valence-corrected chi connectivity index (χ4v) is 1.47. The van der Waals surface area contributed by atoms with Gasteiger partial charge >= 0.3 is 6.18 Å². The second-order valence-corrected chi connectivity index (χ2v) is 3.51. The third-order valence-corrected chi connectivity index (χ3v) is 2.32. The van der Waals surface area contributed by atoms with E-state index in [-0.39, 0.29) is 11.1 Å². The van der Waals surface area contributed by atoms with Crippen LogP contribution in [-0.4, -0.2) is 15.1 Å². The molecular weight excluding hydrogens is 256 g/mol. The minimum atomic E-state index is -4.97. The van der Waals surface area contributed by atoms with Gasteiger partial charge in [0.2, 0.25) is 5.69 Å². The van der Waals surface area contributed by atoms with Crippen molar-refractivity contribution in [2.75, 3.05) is 0 Å². The number of aliphatic hydroxyl groups is 1. The molecule has 0 atom stereocenters. The van der Waals surface area contributed by atoms with Crippen LogP contribution in [0.1, 0.15) is 11.3 Å². The zero-order valence-electron chi connectivity index (χ0n) is 8.68. The summed E-state index contributed by atoms with van der Waals surface area (Å²) in [7, 11) is 0. The van der Waals surface area contributed by atoms with Crippen LogP contribution in [0, 0.1) is 5.82 Å². The van der Waals surface area contributed by atoms with E-state index in [1.54, 1.807) is 0 Å². The van der Waals surface area contributed by atoms with Crippen molar-refractivity contribution in [1.82, 2.24) is 9.97 Å². The number of hydrogen-bond acceptors (Lipinski definition) is 3. The van der Waals surface area contributed by atoms with Crippen LogP contribution in [0.15, 0.2) is 16.9 Å². The molecular formula is C10H6F4N2O2. The highest BCUT2D eigenvalue weighted by molar-refractivity contribution is 5.75. The summed E-state index contributed by atoms with van der Waals surface area (Å²) in [5, 5.41) is 8.80. The topological polar surface area (TPSA) is 66.0 Å². The van der Waals surface area contributed by atoms with Gasteiger partial charge in [0.1, 0.15) is 5.52 Å². The fraction of sp³-hybridized carbons (Fsp3) is 0.200. The zero-order valence-corrected chi connectivity index (χ0v) is 8.68. The molecule has 0 aliphatic rings. The Bertz CT molecular complexity index is 663. The maximum absolute atomic E-state index is 13.7. The SMILES string of the molecule is O=c1[nH]c2ccc(CO)c(F)c2nc1C(F)(F)F. The van der Waals surface area contributed by atoms with Crippen LogP contribution in [0.25, 0.3) is 11.0 Å². The first kappa shape index (κ1) is 12.5. The molecule has 0 radical (unpaired) electrons. The van der Waals surface area contributed by atoms with Crippen LogP contribution in [0.2, 0.25) is 0 Å². The number of H-pyrrole nitrogens is 1. The number of aromatic nitrogens is 2. The van der Waals surface area contributed by atoms with Gasteiger partial charge in [-0.3, -0.25) is 4.79 Å². The molecule has 0 aliphatic heterocycles. The fourth-order valence-electron chi connectivity index (χ4n) is 1.47. The minimum absolute atomic E-state index is 0.164. The van der Waals surface area contributed by atoms with E-state index in [1.165, 1.54) is 6.07 Å². The number of fused-ring (bicyclic) bond motifs is 1. The summed E-state index contributed by atoms with van der Waals surface area (Å²) in [5.41, 5.74) is -4.15. The van der Waals surface area contributed by atoms with Gasteiger partial charge in [-0.25, -0.2) is 9.37 Å². The van der Waals surface area contributed by atoms with E-state index >= 15 is 0 Å². The lowest BCUT2D eigenvalue weighted by Crippen LogP contribution is -2.24. The molecule has 96 valence electrons. The van der Waals surface area contributed by atoms with Crippen molar-refractivity contribution in [3.05, 3.63) is 39.6 Å². The Morgan fingerprint density at radius 1 is 1.33 bits per heavy atom. The van der Waals surface area contributed by atoms with E-state index in [2.05, 4.69) is 4.98 Å². The van der Waals surface area contributed by atoms with E-state index in [0.29, 0.717) is 0 Å². The van der Waals surface area contributed by atoms with Crippen molar-refractivity contribution in [3.63, 3.8) is 0 Å². The van der Waals surface area contributed by atoms with E-state index in [4.69, 9.17) is 5.11 Å². The summed E-state index contributed by atoms with van der Waals surface area (Å²) in [6.45, 7) is -0.677. The Kier molecular flexibility index (Phi) is 2.81. The predicted octanol–water partition coefficient (Wildman–Crippen LogP) is 1.57. The number of nitrogens with zero attached hydrogens (tertiary/aromatic N) is 1. The average molecular weight is 262 g/mol. The number of benzene rings is 1. The first-order chi connectivity index (χ1) is 8.34. The number of nitrogens with one attached hydrogen (secondary N) is 1. The van der Waals surface area contributed by atoms with Gasteiger partial charge in [-0.05, 0) is 6.07 Å². The highest BCUT2D eigenvalue weighted by Gasteiger charge is 2.36. The standard InChI is InChI=1S/C10H6F4N2O2/c11-6-4(3-17)1-2-5-7(6)16-8(9(18)15-5)10(12,13)14/h1-2,17H,3H2,(H,15,18). The van der Waals surface area contributed by atoms with Crippen LogP contribution >= 0.6 is 0 Å². The molecule has 0 spiro atoms. The van der Waals surface area contributed by atoms with Gasteiger partial charge in [-0.15, -0.1) is 0 Å². The second-order valence-electron chi connectivity index (χ2n) is 3.51. The Balaban J connectivity index is 2.83. The van der Waals surface area contributed by atoms with E-state index in [9.17, 15) is 22.4 Å². The number of alkyl halides is 3. The van der Waals surface area contributed by atoms with Gasteiger partial charge in [0, 0.05) is 5.56 Å². The maximum atomic E-state index is 13.7. The van der Waals surface area contributed by atoms with Crippen molar-refractivity contribution in [2.24, 2.45) is 0 Å². The van der Waals surface area contributed by atoms with E-state index < -0.39 is 35.4 Å². The maximum Gasteiger partial charge on any atom is 0.438 e. The van der Waals surface area contributed by atoms with Crippen LogP contribution < -0.4 is 5.56 Å². The molecule has 1 aromatic carbocycles. The van der Waals surface area contributed by atoms with Gasteiger partial charge in [0.15, 0.2) is 5.82 Å². The summed E-state index contributed by atoms with van der Waals surface area (Å²) in [6.07, 6.45) is -4.97. The quantitative estimate of drug-likeness (QED) is 0.767. The molecule has 4 nitrogen and oxygen atoms in total. The number of rotatable bonds is 1. The van der Waals surface area contributed by atoms with Gasteiger partial charge in [0.25, 0.3) is 5.56 Å². The monoisotopic (exact) mass is 262 g/mol. The lowest BCUT2D eigenvalue weighted by Gasteiger charge is -2.07. The smallest absolute Gasteiger partial charge is 0.392 e. The molecule has 2 aromatic rings. The molecule has 1 aromatic heterocycles.